The topological polar surface area (TPSA) is 63.1 Å². The van der Waals surface area contributed by atoms with Crippen molar-refractivity contribution in [2.75, 3.05) is 26.2 Å². The minimum atomic E-state index is -0.178. The number of nitrogens with one attached hydrogen (secondary N) is 1. The SMILES string of the molecule is Cc1nn(-c2cccc(Cl)c2)nc1C(=O)NCCCN1CCCC(C)C1. The molecule has 0 aliphatic carbocycles. The second kappa shape index (κ2) is 8.64. The number of carbonyl (C=O) groups is 1. The van der Waals surface area contributed by atoms with Gasteiger partial charge in [-0.05, 0) is 63.4 Å². The first-order valence-electron chi connectivity index (χ1n) is 9.23. The molecule has 0 saturated carbocycles. The van der Waals surface area contributed by atoms with Gasteiger partial charge in [-0.3, -0.25) is 4.79 Å². The van der Waals surface area contributed by atoms with Gasteiger partial charge in [0.1, 0.15) is 0 Å². The van der Waals surface area contributed by atoms with Crippen LogP contribution in [0.5, 0.6) is 0 Å². The summed E-state index contributed by atoms with van der Waals surface area (Å²) in [6.07, 6.45) is 3.55. The van der Waals surface area contributed by atoms with Gasteiger partial charge >= 0.3 is 0 Å². The second-order valence-corrected chi connectivity index (χ2v) is 7.50. The fraction of sp³-hybridized carbons (Fsp3) is 0.526. The molecular formula is C19H26ClN5O. The summed E-state index contributed by atoms with van der Waals surface area (Å²) >= 11 is 6.01. The lowest BCUT2D eigenvalue weighted by molar-refractivity contribution is 0.0944. The third-order valence-corrected chi connectivity index (χ3v) is 4.95. The zero-order chi connectivity index (χ0) is 18.5. The molecule has 1 amide bonds. The van der Waals surface area contributed by atoms with E-state index in [0.717, 1.165) is 24.6 Å². The van der Waals surface area contributed by atoms with Crippen molar-refractivity contribution < 1.29 is 4.79 Å². The standard InChI is InChI=1S/C19H26ClN5O/c1-14-6-4-10-24(13-14)11-5-9-21-19(26)18-15(2)22-25(23-18)17-8-3-7-16(20)12-17/h3,7-8,12,14H,4-6,9-11,13H2,1-2H3,(H,21,26). The summed E-state index contributed by atoms with van der Waals surface area (Å²) in [5, 5.41) is 12.2. The van der Waals surface area contributed by atoms with Crippen molar-refractivity contribution in [1.29, 1.82) is 0 Å². The molecule has 1 atom stereocenters. The Kier molecular flexibility index (Phi) is 6.27. The number of amides is 1. The summed E-state index contributed by atoms with van der Waals surface area (Å²) in [4.78, 5) is 16.4. The quantitative estimate of drug-likeness (QED) is 0.788. The monoisotopic (exact) mass is 375 g/mol. The van der Waals surface area contributed by atoms with Crippen molar-refractivity contribution in [1.82, 2.24) is 25.2 Å². The van der Waals surface area contributed by atoms with Crippen molar-refractivity contribution >= 4 is 17.5 Å². The van der Waals surface area contributed by atoms with Crippen LogP contribution in [0.3, 0.4) is 0 Å². The van der Waals surface area contributed by atoms with E-state index in [9.17, 15) is 4.79 Å². The fourth-order valence-electron chi connectivity index (χ4n) is 3.38. The first-order chi connectivity index (χ1) is 12.5. The van der Waals surface area contributed by atoms with Crippen LogP contribution in [-0.4, -0.2) is 52.0 Å². The average Bonchev–Trinajstić information content (AvgIpc) is 3.01. The number of aromatic nitrogens is 3. The van der Waals surface area contributed by atoms with Gasteiger partial charge in [0.25, 0.3) is 5.91 Å². The Morgan fingerprint density at radius 2 is 2.23 bits per heavy atom. The predicted molar refractivity (Wildman–Crippen MR) is 103 cm³/mol. The van der Waals surface area contributed by atoms with Crippen molar-refractivity contribution in [3.63, 3.8) is 0 Å². The summed E-state index contributed by atoms with van der Waals surface area (Å²) in [6.45, 7) is 8.11. The minimum Gasteiger partial charge on any atom is -0.351 e. The molecule has 3 rings (SSSR count). The van der Waals surface area contributed by atoms with E-state index in [2.05, 4.69) is 27.3 Å². The smallest absolute Gasteiger partial charge is 0.273 e. The lowest BCUT2D eigenvalue weighted by Crippen LogP contribution is -2.36. The summed E-state index contributed by atoms with van der Waals surface area (Å²) in [5.41, 5.74) is 1.70. The molecule has 1 unspecified atom stereocenters. The largest absolute Gasteiger partial charge is 0.351 e. The molecule has 1 aromatic heterocycles. The Hall–Kier alpha value is -1.92. The van der Waals surface area contributed by atoms with Crippen LogP contribution in [-0.2, 0) is 0 Å². The molecule has 6 nitrogen and oxygen atoms in total. The molecule has 1 aliphatic rings. The Balaban J connectivity index is 1.52. The number of halogens is 1. The lowest BCUT2D eigenvalue weighted by atomic mass is 10.0. The first kappa shape index (κ1) is 18.9. The zero-order valence-corrected chi connectivity index (χ0v) is 16.2. The van der Waals surface area contributed by atoms with Crippen LogP contribution in [0, 0.1) is 12.8 Å². The number of nitrogens with zero attached hydrogens (tertiary/aromatic N) is 4. The highest BCUT2D eigenvalue weighted by Gasteiger charge is 2.17. The maximum Gasteiger partial charge on any atom is 0.273 e. The Bertz CT molecular complexity index is 760. The van der Waals surface area contributed by atoms with Crippen LogP contribution < -0.4 is 5.32 Å². The molecule has 1 saturated heterocycles. The van der Waals surface area contributed by atoms with E-state index < -0.39 is 0 Å². The van der Waals surface area contributed by atoms with E-state index >= 15 is 0 Å². The third kappa shape index (κ3) is 4.83. The van der Waals surface area contributed by atoms with Gasteiger partial charge in [-0.1, -0.05) is 24.6 Å². The van der Waals surface area contributed by atoms with Gasteiger partial charge in [0.05, 0.1) is 11.4 Å². The Morgan fingerprint density at radius 3 is 3.00 bits per heavy atom. The van der Waals surface area contributed by atoms with E-state index in [1.807, 2.05) is 12.1 Å². The normalized spacial score (nSPS) is 18.0. The van der Waals surface area contributed by atoms with Gasteiger partial charge in [-0.25, -0.2) is 0 Å². The van der Waals surface area contributed by atoms with Crippen LogP contribution in [0.2, 0.25) is 5.02 Å². The molecule has 1 aliphatic heterocycles. The van der Waals surface area contributed by atoms with Crippen molar-refractivity contribution in [2.45, 2.75) is 33.1 Å². The first-order valence-corrected chi connectivity index (χ1v) is 9.61. The average molecular weight is 376 g/mol. The molecule has 7 heteroatoms. The second-order valence-electron chi connectivity index (χ2n) is 7.06. The number of piperidine rings is 1. The number of likely N-dealkylation sites (tertiary alicyclic amines) is 1. The van der Waals surface area contributed by atoms with Crippen molar-refractivity contribution in [3.05, 3.63) is 40.7 Å². The molecule has 0 radical (unpaired) electrons. The van der Waals surface area contributed by atoms with Crippen LogP contribution in [0.15, 0.2) is 24.3 Å². The van der Waals surface area contributed by atoms with Crippen LogP contribution in [0.1, 0.15) is 42.4 Å². The number of hydrogen-bond donors (Lipinski definition) is 1. The maximum atomic E-state index is 12.4. The van der Waals surface area contributed by atoms with E-state index in [1.54, 1.807) is 19.1 Å². The zero-order valence-electron chi connectivity index (χ0n) is 15.4. The highest BCUT2D eigenvalue weighted by molar-refractivity contribution is 6.30. The molecule has 2 aromatic rings. The van der Waals surface area contributed by atoms with Gasteiger partial charge in [0, 0.05) is 18.1 Å². The molecule has 140 valence electrons. The van der Waals surface area contributed by atoms with Crippen molar-refractivity contribution in [3.8, 4) is 5.69 Å². The summed E-state index contributed by atoms with van der Waals surface area (Å²) < 4.78 is 0. The highest BCUT2D eigenvalue weighted by Crippen LogP contribution is 2.16. The summed E-state index contributed by atoms with van der Waals surface area (Å²) in [7, 11) is 0. The molecule has 26 heavy (non-hydrogen) atoms. The molecule has 1 fully saturated rings. The van der Waals surface area contributed by atoms with E-state index in [1.165, 1.54) is 30.7 Å². The Morgan fingerprint density at radius 1 is 1.38 bits per heavy atom. The molecule has 1 N–H and O–H groups in total. The van der Waals surface area contributed by atoms with E-state index in [-0.39, 0.29) is 5.91 Å². The molecule has 0 spiro atoms. The van der Waals surface area contributed by atoms with E-state index in [4.69, 9.17) is 11.6 Å². The fourth-order valence-corrected chi connectivity index (χ4v) is 3.57. The third-order valence-electron chi connectivity index (χ3n) is 4.71. The predicted octanol–water partition coefficient (Wildman–Crippen LogP) is 3.08. The number of aryl methyl sites for hydroxylation is 1. The molecule has 2 heterocycles. The van der Waals surface area contributed by atoms with Crippen molar-refractivity contribution in [2.24, 2.45) is 5.92 Å². The number of carbonyl (C=O) groups excluding carboxylic acids is 1. The van der Waals surface area contributed by atoms with Crippen LogP contribution in [0.25, 0.3) is 5.69 Å². The van der Waals surface area contributed by atoms with Gasteiger partial charge < -0.3 is 10.2 Å². The van der Waals surface area contributed by atoms with Crippen LogP contribution in [0.4, 0.5) is 0 Å². The number of hydrogen-bond acceptors (Lipinski definition) is 4. The van der Waals surface area contributed by atoms with E-state index in [0.29, 0.717) is 23.0 Å². The Labute approximate surface area is 159 Å². The van der Waals surface area contributed by atoms with Gasteiger partial charge in [0.2, 0.25) is 0 Å². The highest BCUT2D eigenvalue weighted by atomic mass is 35.5. The maximum absolute atomic E-state index is 12.4. The summed E-state index contributed by atoms with van der Waals surface area (Å²) in [6, 6.07) is 7.24. The number of benzene rings is 1. The number of rotatable bonds is 6. The molecule has 0 bridgehead atoms. The van der Waals surface area contributed by atoms with Gasteiger partial charge in [-0.15, -0.1) is 5.10 Å². The summed E-state index contributed by atoms with van der Waals surface area (Å²) in [5.74, 6) is 0.602. The van der Waals surface area contributed by atoms with Gasteiger partial charge in [-0.2, -0.15) is 9.90 Å². The molecular weight excluding hydrogens is 350 g/mol. The van der Waals surface area contributed by atoms with Crippen LogP contribution >= 0.6 is 11.6 Å². The van der Waals surface area contributed by atoms with Gasteiger partial charge in [0.15, 0.2) is 5.69 Å². The lowest BCUT2D eigenvalue weighted by Gasteiger charge is -2.30. The minimum absolute atomic E-state index is 0.178. The molecule has 1 aromatic carbocycles.